The number of benzene rings is 1. The molecule has 1 amide bonds. The van der Waals surface area contributed by atoms with Gasteiger partial charge < -0.3 is 4.90 Å². The van der Waals surface area contributed by atoms with Crippen LogP contribution in [-0.2, 0) is 23.2 Å². The molecule has 0 bridgehead atoms. The summed E-state index contributed by atoms with van der Waals surface area (Å²) in [7, 11) is 0. The number of hydrogen-bond donors (Lipinski definition) is 0. The first-order valence-electron chi connectivity index (χ1n) is 12.7. The number of carbonyl (C=O) groups is 1. The summed E-state index contributed by atoms with van der Waals surface area (Å²) >= 11 is 1.43. The molecule has 0 aliphatic heterocycles. The van der Waals surface area contributed by atoms with Gasteiger partial charge in [-0.05, 0) is 44.1 Å². The molecular formula is C27H37N3O2S. The fraction of sp³-hybridized carbons (Fsp3) is 0.593. The number of hydrogen-bond acceptors (Lipinski definition) is 4. The van der Waals surface area contributed by atoms with Crippen LogP contribution in [0.1, 0.15) is 76.8 Å². The van der Waals surface area contributed by atoms with Crippen LogP contribution in [0.25, 0.3) is 11.3 Å². The van der Waals surface area contributed by atoms with Crippen molar-refractivity contribution in [2.24, 2.45) is 0 Å². The van der Waals surface area contributed by atoms with Gasteiger partial charge in [-0.1, -0.05) is 69.6 Å². The minimum Gasteiger partial charge on any atom is -0.342 e. The fourth-order valence-electron chi connectivity index (χ4n) is 5.69. The van der Waals surface area contributed by atoms with E-state index in [1.54, 1.807) is 0 Å². The van der Waals surface area contributed by atoms with Crippen LogP contribution in [0.3, 0.4) is 0 Å². The van der Waals surface area contributed by atoms with Crippen LogP contribution < -0.4 is 5.56 Å². The van der Waals surface area contributed by atoms with Crippen molar-refractivity contribution in [2.75, 3.05) is 18.8 Å². The van der Waals surface area contributed by atoms with E-state index in [2.05, 4.69) is 39.0 Å². The summed E-state index contributed by atoms with van der Waals surface area (Å²) in [6.07, 6.45) is 8.17. The molecule has 0 radical (unpaired) electrons. The van der Waals surface area contributed by atoms with Gasteiger partial charge in [-0.25, -0.2) is 4.98 Å². The number of thioether (sulfide) groups is 1. The highest BCUT2D eigenvalue weighted by Gasteiger charge is 2.44. The zero-order chi connectivity index (χ0) is 23.4. The Morgan fingerprint density at radius 3 is 2.45 bits per heavy atom. The molecule has 1 aromatic carbocycles. The number of carbonyl (C=O) groups excluding carboxylic acids is 1. The van der Waals surface area contributed by atoms with Crippen LogP contribution in [0.5, 0.6) is 0 Å². The lowest BCUT2D eigenvalue weighted by molar-refractivity contribution is -0.128. The Balaban J connectivity index is 1.76. The Morgan fingerprint density at radius 1 is 1.09 bits per heavy atom. The molecule has 0 saturated heterocycles. The number of nitrogens with zero attached hydrogens (tertiary/aromatic N) is 3. The zero-order valence-corrected chi connectivity index (χ0v) is 21.2. The van der Waals surface area contributed by atoms with Gasteiger partial charge in [0.2, 0.25) is 5.91 Å². The Bertz CT molecular complexity index is 1050. The lowest BCUT2D eigenvalue weighted by atomic mass is 9.68. The maximum absolute atomic E-state index is 14.0. The first-order chi connectivity index (χ1) is 16.0. The standard InChI is InChI=1S/C27H37N3O2S/c1-4-15-29(16-5-2)22(31)19-33-26-28-24-21-12-8-7-11-20(21)18-27(13-9-10-14-27)23(24)25(32)30(26)17-6-3/h7-8,11-12H,4-6,9-10,13-19H2,1-3H3. The highest BCUT2D eigenvalue weighted by molar-refractivity contribution is 7.99. The second-order valence-corrected chi connectivity index (χ2v) is 10.5. The van der Waals surface area contributed by atoms with Crippen molar-refractivity contribution < 1.29 is 4.79 Å². The van der Waals surface area contributed by atoms with E-state index in [0.717, 1.165) is 68.4 Å². The van der Waals surface area contributed by atoms with E-state index in [1.807, 2.05) is 15.5 Å². The summed E-state index contributed by atoms with van der Waals surface area (Å²) in [6.45, 7) is 8.50. The average Bonchev–Trinajstić information content (AvgIpc) is 3.27. The SMILES string of the molecule is CCCN(CCC)C(=O)CSc1nc2c(c(=O)n1CCC)C1(CCCC1)Cc1ccccc1-2. The number of rotatable bonds is 9. The largest absolute Gasteiger partial charge is 0.342 e. The van der Waals surface area contributed by atoms with E-state index >= 15 is 0 Å². The molecule has 4 rings (SSSR count). The Morgan fingerprint density at radius 2 is 1.79 bits per heavy atom. The molecule has 178 valence electrons. The van der Waals surface area contributed by atoms with Gasteiger partial charge in [0.25, 0.3) is 5.56 Å². The second kappa shape index (κ2) is 10.5. The molecule has 0 N–H and O–H groups in total. The summed E-state index contributed by atoms with van der Waals surface area (Å²) in [5.74, 6) is 0.452. The third-order valence-corrected chi connectivity index (χ3v) is 8.10. The van der Waals surface area contributed by atoms with E-state index in [0.29, 0.717) is 17.5 Å². The highest BCUT2D eigenvalue weighted by Crippen LogP contribution is 2.49. The Kier molecular flexibility index (Phi) is 7.62. The van der Waals surface area contributed by atoms with Crippen LogP contribution in [0.15, 0.2) is 34.2 Å². The van der Waals surface area contributed by atoms with Crippen molar-refractivity contribution in [3.8, 4) is 11.3 Å². The molecule has 5 nitrogen and oxygen atoms in total. The summed E-state index contributed by atoms with van der Waals surface area (Å²) < 4.78 is 1.86. The van der Waals surface area contributed by atoms with Crippen molar-refractivity contribution in [3.05, 3.63) is 45.7 Å². The van der Waals surface area contributed by atoms with Gasteiger partial charge in [-0.15, -0.1) is 0 Å². The van der Waals surface area contributed by atoms with Crippen LogP contribution >= 0.6 is 11.8 Å². The van der Waals surface area contributed by atoms with Gasteiger partial charge in [-0.3, -0.25) is 14.2 Å². The summed E-state index contributed by atoms with van der Waals surface area (Å²) in [5.41, 5.74) is 4.23. The van der Waals surface area contributed by atoms with Crippen LogP contribution in [0.2, 0.25) is 0 Å². The van der Waals surface area contributed by atoms with Gasteiger partial charge >= 0.3 is 0 Å². The zero-order valence-electron chi connectivity index (χ0n) is 20.4. The van der Waals surface area contributed by atoms with Gasteiger partial charge in [0, 0.05) is 30.6 Å². The molecule has 6 heteroatoms. The summed E-state index contributed by atoms with van der Waals surface area (Å²) in [5, 5.41) is 0.687. The number of amides is 1. The third-order valence-electron chi connectivity index (χ3n) is 7.14. The predicted octanol–water partition coefficient (Wildman–Crippen LogP) is 5.43. The predicted molar refractivity (Wildman–Crippen MR) is 136 cm³/mol. The van der Waals surface area contributed by atoms with Crippen LogP contribution in [0, 0.1) is 0 Å². The first-order valence-corrected chi connectivity index (χ1v) is 13.7. The first kappa shape index (κ1) is 24.1. The number of aromatic nitrogens is 2. The maximum atomic E-state index is 14.0. The molecule has 1 spiro atoms. The van der Waals surface area contributed by atoms with E-state index < -0.39 is 0 Å². The molecule has 2 aliphatic carbocycles. The summed E-state index contributed by atoms with van der Waals surface area (Å²) in [4.78, 5) is 34.0. The van der Waals surface area contributed by atoms with E-state index in [9.17, 15) is 9.59 Å². The maximum Gasteiger partial charge on any atom is 0.258 e. The topological polar surface area (TPSA) is 55.2 Å². The molecule has 0 atom stereocenters. The Labute approximate surface area is 202 Å². The fourth-order valence-corrected chi connectivity index (χ4v) is 6.62. The van der Waals surface area contributed by atoms with Crippen molar-refractivity contribution in [1.82, 2.24) is 14.5 Å². The molecule has 33 heavy (non-hydrogen) atoms. The Hall–Kier alpha value is -2.08. The van der Waals surface area contributed by atoms with Crippen LogP contribution in [0.4, 0.5) is 0 Å². The molecule has 1 aromatic heterocycles. The molecule has 1 saturated carbocycles. The summed E-state index contributed by atoms with van der Waals surface area (Å²) in [6, 6.07) is 8.44. The normalized spacial score (nSPS) is 16.0. The third kappa shape index (κ3) is 4.64. The van der Waals surface area contributed by atoms with Crippen molar-refractivity contribution >= 4 is 17.7 Å². The lowest BCUT2D eigenvalue weighted by Crippen LogP contribution is -2.40. The molecule has 0 unspecified atom stereocenters. The lowest BCUT2D eigenvalue weighted by Gasteiger charge is -2.36. The van der Waals surface area contributed by atoms with E-state index in [4.69, 9.17) is 4.98 Å². The highest BCUT2D eigenvalue weighted by atomic mass is 32.2. The van der Waals surface area contributed by atoms with Gasteiger partial charge in [-0.2, -0.15) is 0 Å². The quantitative estimate of drug-likeness (QED) is 0.365. The van der Waals surface area contributed by atoms with Gasteiger partial charge in [0.15, 0.2) is 5.16 Å². The minimum atomic E-state index is -0.0820. The van der Waals surface area contributed by atoms with Gasteiger partial charge in [0.05, 0.1) is 17.0 Å². The second-order valence-electron chi connectivity index (χ2n) is 9.57. The molecule has 2 aromatic rings. The number of fused-ring (bicyclic) bond motifs is 4. The molecule has 2 aliphatic rings. The van der Waals surface area contributed by atoms with Crippen molar-refractivity contribution in [2.45, 2.75) is 89.3 Å². The molecular weight excluding hydrogens is 430 g/mol. The average molecular weight is 468 g/mol. The van der Waals surface area contributed by atoms with Crippen molar-refractivity contribution in [1.29, 1.82) is 0 Å². The molecule has 1 fully saturated rings. The smallest absolute Gasteiger partial charge is 0.258 e. The van der Waals surface area contributed by atoms with Crippen LogP contribution in [-0.4, -0.2) is 39.2 Å². The van der Waals surface area contributed by atoms with E-state index in [-0.39, 0.29) is 16.9 Å². The minimum absolute atomic E-state index is 0.0820. The van der Waals surface area contributed by atoms with Crippen molar-refractivity contribution in [3.63, 3.8) is 0 Å². The molecule has 1 heterocycles. The van der Waals surface area contributed by atoms with E-state index in [1.165, 1.54) is 30.2 Å². The van der Waals surface area contributed by atoms with Gasteiger partial charge in [0.1, 0.15) is 0 Å². The monoisotopic (exact) mass is 467 g/mol.